The van der Waals surface area contributed by atoms with Crippen LogP contribution in [0.15, 0.2) is 21.7 Å². The van der Waals surface area contributed by atoms with E-state index in [1.165, 1.54) is 23.8 Å². The van der Waals surface area contributed by atoms with Crippen molar-refractivity contribution in [2.24, 2.45) is 0 Å². The van der Waals surface area contributed by atoms with Gasteiger partial charge in [0.05, 0.1) is 12.7 Å². The van der Waals surface area contributed by atoms with E-state index < -0.39 is 17.2 Å². The van der Waals surface area contributed by atoms with Gasteiger partial charge < -0.3 is 4.74 Å². The number of carbonyl (C=O) groups is 1. The number of carbonyl (C=O) groups excluding carboxylic acids is 1. The molecule has 0 amide bonds. The summed E-state index contributed by atoms with van der Waals surface area (Å²) in [6, 6.07) is 0. The molecule has 1 rings (SSSR count). The summed E-state index contributed by atoms with van der Waals surface area (Å²) in [5.41, 5.74) is -0.764. The van der Waals surface area contributed by atoms with Gasteiger partial charge in [0.2, 0.25) is 0 Å². The van der Waals surface area contributed by atoms with Gasteiger partial charge in [-0.05, 0) is 6.42 Å². The summed E-state index contributed by atoms with van der Waals surface area (Å²) in [6.45, 7) is 1.84. The van der Waals surface area contributed by atoms with Crippen LogP contribution in [0.3, 0.4) is 0 Å². The highest BCUT2D eigenvalue weighted by atomic mass is 35.5. The minimum atomic E-state index is -0.614. The normalized spacial score (nSPS) is 10.8. The fraction of sp³-hybridized carbons (Fsp3) is 0.364. The predicted molar refractivity (Wildman–Crippen MR) is 66.9 cm³/mol. The van der Waals surface area contributed by atoms with Crippen LogP contribution in [0.2, 0.25) is 5.15 Å². The van der Waals surface area contributed by atoms with E-state index in [1.54, 1.807) is 6.92 Å². The maximum Gasteiger partial charge on any atom is 0.330 e. The first-order chi connectivity index (χ1) is 8.51. The molecule has 6 nitrogen and oxygen atoms in total. The van der Waals surface area contributed by atoms with Gasteiger partial charge >= 0.3 is 11.7 Å². The Bertz CT molecular complexity index is 586. The number of nitrogens with one attached hydrogen (secondary N) is 1. The Morgan fingerprint density at radius 2 is 2.17 bits per heavy atom. The number of hydrogen-bond acceptors (Lipinski definition) is 4. The minimum absolute atomic E-state index is 0.0799. The molecule has 0 saturated carbocycles. The van der Waals surface area contributed by atoms with Gasteiger partial charge in [0.25, 0.3) is 5.56 Å². The van der Waals surface area contributed by atoms with Crippen molar-refractivity contribution in [3.8, 4) is 0 Å². The number of esters is 1. The third-order valence-electron chi connectivity index (χ3n) is 2.32. The molecule has 7 heteroatoms. The molecule has 0 aliphatic heterocycles. The summed E-state index contributed by atoms with van der Waals surface area (Å²) in [6.07, 6.45) is 3.02. The average Bonchev–Trinajstić information content (AvgIpc) is 2.33. The highest BCUT2D eigenvalue weighted by Crippen LogP contribution is 2.09. The third kappa shape index (κ3) is 3.10. The van der Waals surface area contributed by atoms with Crippen molar-refractivity contribution in [3.63, 3.8) is 0 Å². The number of hydrogen-bond donors (Lipinski definition) is 1. The number of aromatic amines is 1. The first-order valence-electron chi connectivity index (χ1n) is 5.27. The molecule has 0 radical (unpaired) electrons. The maximum absolute atomic E-state index is 11.5. The Morgan fingerprint density at radius 3 is 2.72 bits per heavy atom. The van der Waals surface area contributed by atoms with Gasteiger partial charge in [0.1, 0.15) is 5.15 Å². The zero-order chi connectivity index (χ0) is 13.7. The standard InChI is InChI=1S/C11H13ClN2O4/c1-3-7-9(12)14(11(17)13-10(7)16)6-4-5-8(15)18-2/h4-5H,3,6H2,1-2H3,(H,13,16,17). The number of ether oxygens (including phenoxy) is 1. The molecule has 1 heterocycles. The van der Waals surface area contributed by atoms with Crippen molar-refractivity contribution in [1.29, 1.82) is 0 Å². The molecule has 1 aromatic heterocycles. The van der Waals surface area contributed by atoms with E-state index in [1.807, 2.05) is 0 Å². The fourth-order valence-electron chi connectivity index (χ4n) is 1.38. The molecule has 0 unspecified atom stereocenters. The lowest BCUT2D eigenvalue weighted by molar-refractivity contribution is -0.134. The van der Waals surface area contributed by atoms with Crippen LogP contribution in [-0.2, 0) is 22.5 Å². The van der Waals surface area contributed by atoms with Crippen molar-refractivity contribution in [2.45, 2.75) is 19.9 Å². The van der Waals surface area contributed by atoms with Crippen LogP contribution in [0, 0.1) is 0 Å². The molecule has 0 spiro atoms. The quantitative estimate of drug-likeness (QED) is 0.491. The summed E-state index contributed by atoms with van der Waals surface area (Å²) in [5, 5.41) is 0.0840. The van der Waals surface area contributed by atoms with E-state index in [0.29, 0.717) is 12.0 Å². The minimum Gasteiger partial charge on any atom is -0.466 e. The lowest BCUT2D eigenvalue weighted by Crippen LogP contribution is -2.32. The van der Waals surface area contributed by atoms with Crippen LogP contribution >= 0.6 is 11.6 Å². The van der Waals surface area contributed by atoms with E-state index in [2.05, 4.69) is 9.72 Å². The Kier molecular flexibility index (Phi) is 4.91. The smallest absolute Gasteiger partial charge is 0.330 e. The highest BCUT2D eigenvalue weighted by Gasteiger charge is 2.10. The van der Waals surface area contributed by atoms with Crippen LogP contribution in [0.4, 0.5) is 0 Å². The van der Waals surface area contributed by atoms with Crippen molar-refractivity contribution in [2.75, 3.05) is 7.11 Å². The van der Waals surface area contributed by atoms with Crippen molar-refractivity contribution in [3.05, 3.63) is 43.7 Å². The van der Waals surface area contributed by atoms with Gasteiger partial charge in [-0.2, -0.15) is 0 Å². The monoisotopic (exact) mass is 272 g/mol. The lowest BCUT2D eigenvalue weighted by Gasteiger charge is -2.07. The molecule has 18 heavy (non-hydrogen) atoms. The molecule has 0 bridgehead atoms. The van der Waals surface area contributed by atoms with Crippen LogP contribution < -0.4 is 11.2 Å². The lowest BCUT2D eigenvalue weighted by atomic mass is 10.2. The Hall–Kier alpha value is -1.82. The molecule has 0 atom stereocenters. The van der Waals surface area contributed by atoms with E-state index in [4.69, 9.17) is 11.6 Å². The molecule has 0 aliphatic carbocycles. The van der Waals surface area contributed by atoms with E-state index in [9.17, 15) is 14.4 Å². The van der Waals surface area contributed by atoms with Gasteiger partial charge in [-0.15, -0.1) is 0 Å². The summed E-state index contributed by atoms with van der Waals surface area (Å²) >= 11 is 5.96. The topological polar surface area (TPSA) is 81.2 Å². The molecular weight excluding hydrogens is 260 g/mol. The van der Waals surface area contributed by atoms with Crippen molar-refractivity contribution < 1.29 is 9.53 Å². The van der Waals surface area contributed by atoms with Crippen molar-refractivity contribution in [1.82, 2.24) is 9.55 Å². The zero-order valence-corrected chi connectivity index (χ0v) is 10.8. The second-order valence-electron chi connectivity index (χ2n) is 3.42. The number of aromatic nitrogens is 2. The predicted octanol–water partition coefficient (Wildman–Crippen LogP) is 0.482. The van der Waals surface area contributed by atoms with Gasteiger partial charge in [-0.3, -0.25) is 14.3 Å². The van der Waals surface area contributed by atoms with Crippen molar-refractivity contribution >= 4 is 17.6 Å². The SMILES string of the molecule is CCc1c(Cl)n(CC=CC(=O)OC)c(=O)[nH]c1=O. The number of allylic oxidation sites excluding steroid dienone is 1. The van der Waals surface area contributed by atoms with Gasteiger partial charge in [0, 0.05) is 12.6 Å². The van der Waals surface area contributed by atoms with Crippen LogP contribution in [0.5, 0.6) is 0 Å². The molecule has 0 fully saturated rings. The molecule has 0 aromatic carbocycles. The van der Waals surface area contributed by atoms with Crippen LogP contribution in [-0.4, -0.2) is 22.6 Å². The number of halogens is 1. The summed E-state index contributed by atoms with van der Waals surface area (Å²) in [4.78, 5) is 36.0. The molecule has 0 aliphatic rings. The van der Waals surface area contributed by atoms with Gasteiger partial charge in [-0.25, -0.2) is 9.59 Å². The number of nitrogens with zero attached hydrogens (tertiary/aromatic N) is 1. The summed E-state index contributed by atoms with van der Waals surface area (Å²) in [5.74, 6) is -0.528. The number of H-pyrrole nitrogens is 1. The second-order valence-corrected chi connectivity index (χ2v) is 3.78. The van der Waals surface area contributed by atoms with E-state index in [0.717, 1.165) is 0 Å². The fourth-order valence-corrected chi connectivity index (χ4v) is 1.74. The average molecular weight is 273 g/mol. The molecule has 1 aromatic rings. The Morgan fingerprint density at radius 1 is 1.50 bits per heavy atom. The largest absolute Gasteiger partial charge is 0.466 e. The Labute approximate surface area is 108 Å². The van der Waals surface area contributed by atoms with Gasteiger partial charge in [0.15, 0.2) is 0 Å². The first kappa shape index (κ1) is 14.2. The third-order valence-corrected chi connectivity index (χ3v) is 2.75. The second kappa shape index (κ2) is 6.20. The van der Waals surface area contributed by atoms with Crippen LogP contribution in [0.1, 0.15) is 12.5 Å². The maximum atomic E-state index is 11.5. The van der Waals surface area contributed by atoms with Gasteiger partial charge in [-0.1, -0.05) is 24.6 Å². The molecule has 0 saturated heterocycles. The highest BCUT2D eigenvalue weighted by molar-refractivity contribution is 6.30. The molecule has 98 valence electrons. The Balaban J connectivity index is 3.10. The number of rotatable bonds is 4. The number of methoxy groups -OCH3 is 1. The molecule has 1 N–H and O–H groups in total. The molecular formula is C11H13ClN2O4. The first-order valence-corrected chi connectivity index (χ1v) is 5.65. The van der Waals surface area contributed by atoms with E-state index in [-0.39, 0.29) is 11.7 Å². The zero-order valence-electron chi connectivity index (χ0n) is 10.0. The van der Waals surface area contributed by atoms with Crippen LogP contribution in [0.25, 0.3) is 0 Å². The van der Waals surface area contributed by atoms with E-state index >= 15 is 0 Å². The summed E-state index contributed by atoms with van der Waals surface area (Å²) in [7, 11) is 1.25. The summed E-state index contributed by atoms with van der Waals surface area (Å²) < 4.78 is 5.58.